The number of aliphatic hydroxyl groups is 1. The van der Waals surface area contributed by atoms with E-state index in [1.165, 1.54) is 23.1 Å². The largest absolute Gasteiger partial charge is 0.396 e. The van der Waals surface area contributed by atoms with Crippen LogP contribution in [-0.2, 0) is 0 Å². The van der Waals surface area contributed by atoms with E-state index >= 15 is 0 Å². The van der Waals surface area contributed by atoms with Gasteiger partial charge in [0.1, 0.15) is 0 Å². The van der Waals surface area contributed by atoms with Crippen molar-refractivity contribution in [2.24, 2.45) is 5.92 Å². The summed E-state index contributed by atoms with van der Waals surface area (Å²) in [6, 6.07) is 0. The average Bonchev–Trinajstić information content (AvgIpc) is 2.46. The lowest BCUT2D eigenvalue weighted by molar-refractivity contribution is 0.220. The van der Waals surface area contributed by atoms with Crippen LogP contribution < -0.4 is 0 Å². The molecule has 0 aromatic heterocycles. The van der Waals surface area contributed by atoms with Crippen molar-refractivity contribution in [2.45, 2.75) is 72.6 Å². The average molecular weight is 305 g/mol. The van der Waals surface area contributed by atoms with E-state index in [2.05, 4.69) is 52.5 Å². The summed E-state index contributed by atoms with van der Waals surface area (Å²) in [6.45, 7) is 12.8. The quantitative estimate of drug-likeness (QED) is 0.415. The zero-order chi connectivity index (χ0) is 16.8. The van der Waals surface area contributed by atoms with Crippen molar-refractivity contribution >= 4 is 0 Å². The molecule has 0 aliphatic rings. The summed E-state index contributed by atoms with van der Waals surface area (Å²) in [5.41, 5.74) is 4.37. The molecule has 0 aromatic rings. The van der Waals surface area contributed by atoms with E-state index in [1.807, 2.05) is 6.08 Å². The van der Waals surface area contributed by atoms with Gasteiger partial charge in [-0.05, 0) is 78.6 Å². The molecule has 0 aliphatic heterocycles. The van der Waals surface area contributed by atoms with Crippen LogP contribution in [0.3, 0.4) is 0 Å². The minimum absolute atomic E-state index is 0.270. The second kappa shape index (κ2) is 13.6. The SMILES string of the molecule is C=CC[C@@H](CO)CC/C=C(\C)CC/C=C(\C)CCC=C(C)C. The fourth-order valence-corrected chi connectivity index (χ4v) is 2.42. The van der Waals surface area contributed by atoms with Crippen molar-refractivity contribution in [2.75, 3.05) is 6.61 Å². The molecular formula is C21H36O. The normalized spacial score (nSPS) is 13.9. The van der Waals surface area contributed by atoms with Gasteiger partial charge in [-0.25, -0.2) is 0 Å². The molecule has 0 spiro atoms. The minimum atomic E-state index is 0.270. The Balaban J connectivity index is 3.95. The highest BCUT2D eigenvalue weighted by Gasteiger charge is 2.03. The van der Waals surface area contributed by atoms with Gasteiger partial charge < -0.3 is 5.11 Å². The van der Waals surface area contributed by atoms with Crippen LogP contribution in [0.5, 0.6) is 0 Å². The summed E-state index contributed by atoms with van der Waals surface area (Å²) in [4.78, 5) is 0. The van der Waals surface area contributed by atoms with Crippen LogP contribution in [0.2, 0.25) is 0 Å². The molecule has 126 valence electrons. The summed E-state index contributed by atoms with van der Waals surface area (Å²) in [6.07, 6.45) is 16.6. The summed E-state index contributed by atoms with van der Waals surface area (Å²) in [5, 5.41) is 9.25. The fourth-order valence-electron chi connectivity index (χ4n) is 2.42. The molecule has 1 N–H and O–H groups in total. The van der Waals surface area contributed by atoms with E-state index in [4.69, 9.17) is 0 Å². The number of rotatable bonds is 12. The van der Waals surface area contributed by atoms with E-state index in [0.717, 1.165) is 38.5 Å². The summed E-state index contributed by atoms with van der Waals surface area (Å²) >= 11 is 0. The third-order valence-corrected chi connectivity index (χ3v) is 3.95. The molecule has 22 heavy (non-hydrogen) atoms. The number of hydrogen-bond donors (Lipinski definition) is 1. The van der Waals surface area contributed by atoms with Crippen LogP contribution in [0.1, 0.15) is 72.6 Å². The highest BCUT2D eigenvalue weighted by Crippen LogP contribution is 2.15. The summed E-state index contributed by atoms with van der Waals surface area (Å²) in [5.74, 6) is 0.374. The van der Waals surface area contributed by atoms with Gasteiger partial charge in [0, 0.05) is 6.61 Å². The standard InChI is InChI=1S/C21H36O/c1-6-10-21(17-22)16-9-15-20(5)14-8-13-19(4)12-7-11-18(2)3/h6,11,13,15,21-22H,1,7-10,12,14,16-17H2,2-5H3/b19-13+,20-15+/t21-/m1/s1. The molecular weight excluding hydrogens is 268 g/mol. The van der Waals surface area contributed by atoms with E-state index in [0.29, 0.717) is 5.92 Å². The molecule has 1 nitrogen and oxygen atoms in total. The third kappa shape index (κ3) is 12.6. The molecule has 0 aromatic carbocycles. The van der Waals surface area contributed by atoms with E-state index < -0.39 is 0 Å². The van der Waals surface area contributed by atoms with E-state index in [1.54, 1.807) is 0 Å². The molecule has 0 bridgehead atoms. The van der Waals surface area contributed by atoms with Gasteiger partial charge in [-0.1, -0.05) is 41.0 Å². The van der Waals surface area contributed by atoms with Crippen LogP contribution in [0, 0.1) is 5.92 Å². The molecule has 0 heterocycles. The van der Waals surface area contributed by atoms with Gasteiger partial charge in [-0.3, -0.25) is 0 Å². The lowest BCUT2D eigenvalue weighted by atomic mass is 9.99. The van der Waals surface area contributed by atoms with Crippen molar-refractivity contribution in [3.8, 4) is 0 Å². The van der Waals surface area contributed by atoms with E-state index in [-0.39, 0.29) is 6.61 Å². The summed E-state index contributed by atoms with van der Waals surface area (Å²) < 4.78 is 0. The summed E-state index contributed by atoms with van der Waals surface area (Å²) in [7, 11) is 0. The van der Waals surface area contributed by atoms with Crippen LogP contribution in [0.25, 0.3) is 0 Å². The first-order valence-electron chi connectivity index (χ1n) is 8.66. The Morgan fingerprint density at radius 2 is 1.45 bits per heavy atom. The van der Waals surface area contributed by atoms with Crippen LogP contribution >= 0.6 is 0 Å². The molecule has 0 rings (SSSR count). The predicted octanol–water partition coefficient (Wildman–Crippen LogP) is 6.37. The second-order valence-electron chi connectivity index (χ2n) is 6.61. The van der Waals surface area contributed by atoms with Gasteiger partial charge in [0.05, 0.1) is 0 Å². The maximum absolute atomic E-state index is 9.25. The molecule has 0 saturated carbocycles. The molecule has 0 unspecified atom stereocenters. The van der Waals surface area contributed by atoms with Gasteiger partial charge in [0.25, 0.3) is 0 Å². The maximum atomic E-state index is 9.25. The monoisotopic (exact) mass is 304 g/mol. The molecule has 0 aliphatic carbocycles. The fraction of sp³-hybridized carbons (Fsp3) is 0.619. The lowest BCUT2D eigenvalue weighted by Gasteiger charge is -2.09. The number of aliphatic hydroxyl groups excluding tert-OH is 1. The Kier molecular flexibility index (Phi) is 12.9. The molecule has 1 heteroatoms. The minimum Gasteiger partial charge on any atom is -0.396 e. The lowest BCUT2D eigenvalue weighted by Crippen LogP contribution is -2.03. The Morgan fingerprint density at radius 3 is 1.95 bits per heavy atom. The van der Waals surface area contributed by atoms with Crippen LogP contribution in [0.15, 0.2) is 47.6 Å². The predicted molar refractivity (Wildman–Crippen MR) is 100 cm³/mol. The molecule has 1 atom stereocenters. The first kappa shape index (κ1) is 20.9. The molecule has 0 radical (unpaired) electrons. The van der Waals surface area contributed by atoms with Gasteiger partial charge in [-0.15, -0.1) is 6.58 Å². The van der Waals surface area contributed by atoms with Gasteiger partial charge in [-0.2, -0.15) is 0 Å². The smallest absolute Gasteiger partial charge is 0.0462 e. The second-order valence-corrected chi connectivity index (χ2v) is 6.61. The van der Waals surface area contributed by atoms with Gasteiger partial charge >= 0.3 is 0 Å². The Hall–Kier alpha value is -1.08. The van der Waals surface area contributed by atoms with Crippen LogP contribution in [0.4, 0.5) is 0 Å². The highest BCUT2D eigenvalue weighted by molar-refractivity contribution is 5.05. The van der Waals surface area contributed by atoms with Gasteiger partial charge in [0.15, 0.2) is 0 Å². The molecule has 0 fully saturated rings. The molecule has 0 saturated heterocycles. The maximum Gasteiger partial charge on any atom is 0.0462 e. The topological polar surface area (TPSA) is 20.2 Å². The number of allylic oxidation sites excluding steroid dienone is 7. The van der Waals surface area contributed by atoms with Crippen molar-refractivity contribution in [3.05, 3.63) is 47.6 Å². The Labute approximate surface area is 138 Å². The first-order valence-corrected chi connectivity index (χ1v) is 8.66. The number of hydrogen-bond acceptors (Lipinski definition) is 1. The first-order chi connectivity index (χ1) is 10.5. The van der Waals surface area contributed by atoms with E-state index in [9.17, 15) is 5.11 Å². The van der Waals surface area contributed by atoms with Gasteiger partial charge in [0.2, 0.25) is 0 Å². The Bertz CT molecular complexity index is 381. The third-order valence-electron chi connectivity index (χ3n) is 3.95. The van der Waals surface area contributed by atoms with Crippen molar-refractivity contribution in [1.29, 1.82) is 0 Å². The van der Waals surface area contributed by atoms with Crippen LogP contribution in [-0.4, -0.2) is 11.7 Å². The zero-order valence-corrected chi connectivity index (χ0v) is 15.2. The molecule has 0 amide bonds. The Morgan fingerprint density at radius 1 is 0.909 bits per heavy atom. The van der Waals surface area contributed by atoms with Crippen molar-refractivity contribution < 1.29 is 5.11 Å². The van der Waals surface area contributed by atoms with Crippen molar-refractivity contribution in [3.63, 3.8) is 0 Å². The zero-order valence-electron chi connectivity index (χ0n) is 15.2. The van der Waals surface area contributed by atoms with Crippen molar-refractivity contribution in [1.82, 2.24) is 0 Å². The highest BCUT2D eigenvalue weighted by atomic mass is 16.3.